The van der Waals surface area contributed by atoms with Gasteiger partial charge in [0.1, 0.15) is 0 Å². The summed E-state index contributed by atoms with van der Waals surface area (Å²) in [6.45, 7) is 1.49. The molecule has 106 valence electrons. The summed E-state index contributed by atoms with van der Waals surface area (Å²) >= 11 is 0. The van der Waals surface area contributed by atoms with Crippen LogP contribution < -0.4 is 5.32 Å². The highest BCUT2D eigenvalue weighted by Crippen LogP contribution is 2.48. The third kappa shape index (κ3) is 2.67. The number of carbonyl (C=O) groups is 1. The van der Waals surface area contributed by atoms with Crippen molar-refractivity contribution in [1.29, 1.82) is 0 Å². The van der Waals surface area contributed by atoms with Gasteiger partial charge in [-0.25, -0.2) is 4.98 Å². The molecule has 0 bridgehead atoms. The van der Waals surface area contributed by atoms with E-state index in [9.17, 15) is 4.79 Å². The molecule has 1 aliphatic rings. The van der Waals surface area contributed by atoms with Crippen molar-refractivity contribution in [3.05, 3.63) is 30.1 Å². The highest BCUT2D eigenvalue weighted by Gasteiger charge is 2.42. The van der Waals surface area contributed by atoms with Gasteiger partial charge in [-0.1, -0.05) is 0 Å². The maximum absolute atomic E-state index is 12.2. The first kappa shape index (κ1) is 13.1. The van der Waals surface area contributed by atoms with Crippen LogP contribution in [0.25, 0.3) is 11.0 Å². The van der Waals surface area contributed by atoms with E-state index in [-0.39, 0.29) is 11.3 Å². The molecule has 0 atom stereocenters. The number of hydrogen-bond acceptors (Lipinski definition) is 3. The molecule has 1 heterocycles. The molecular weight excluding hydrogens is 254 g/mol. The molecule has 0 aliphatic heterocycles. The number of rotatable bonds is 6. The predicted octanol–water partition coefficient (Wildman–Crippen LogP) is 2.11. The first-order valence-electron chi connectivity index (χ1n) is 6.93. The van der Waals surface area contributed by atoms with Crippen LogP contribution in [0, 0.1) is 5.41 Å². The molecule has 3 rings (SSSR count). The maximum Gasteiger partial charge on any atom is 0.251 e. The highest BCUT2D eigenvalue weighted by molar-refractivity contribution is 5.97. The zero-order chi connectivity index (χ0) is 14.0. The number of carbonyl (C=O) groups excluding carboxylic acids is 1. The van der Waals surface area contributed by atoms with E-state index in [1.807, 2.05) is 18.2 Å². The fourth-order valence-electron chi connectivity index (χ4n) is 2.46. The van der Waals surface area contributed by atoms with Gasteiger partial charge in [-0.3, -0.25) is 4.79 Å². The summed E-state index contributed by atoms with van der Waals surface area (Å²) in [5.74, 6) is -0.0230. The number of amides is 1. The van der Waals surface area contributed by atoms with E-state index in [2.05, 4.69) is 15.3 Å². The van der Waals surface area contributed by atoms with Crippen molar-refractivity contribution in [3.63, 3.8) is 0 Å². The number of imidazole rings is 1. The quantitative estimate of drug-likeness (QED) is 0.847. The summed E-state index contributed by atoms with van der Waals surface area (Å²) in [7, 11) is 1.72. The minimum absolute atomic E-state index is 0.0230. The molecule has 2 N–H and O–H groups in total. The molecule has 0 saturated heterocycles. The van der Waals surface area contributed by atoms with E-state index in [1.165, 1.54) is 12.8 Å². The largest absolute Gasteiger partial charge is 0.385 e. The zero-order valence-corrected chi connectivity index (χ0v) is 11.6. The van der Waals surface area contributed by atoms with Gasteiger partial charge in [0.05, 0.1) is 17.4 Å². The van der Waals surface area contributed by atoms with Crippen LogP contribution in [0.1, 0.15) is 29.6 Å². The molecule has 1 aromatic heterocycles. The number of ether oxygens (including phenoxy) is 1. The van der Waals surface area contributed by atoms with Crippen LogP contribution in [-0.2, 0) is 4.74 Å². The Bertz CT molecular complexity index is 616. The highest BCUT2D eigenvalue weighted by atomic mass is 16.5. The predicted molar refractivity (Wildman–Crippen MR) is 76.6 cm³/mol. The van der Waals surface area contributed by atoms with Crippen molar-refractivity contribution in [3.8, 4) is 0 Å². The number of nitrogens with zero attached hydrogens (tertiary/aromatic N) is 1. The third-order valence-electron chi connectivity index (χ3n) is 4.10. The van der Waals surface area contributed by atoms with Crippen LogP contribution in [0.3, 0.4) is 0 Å². The summed E-state index contributed by atoms with van der Waals surface area (Å²) in [6, 6.07) is 5.51. The molecule has 0 radical (unpaired) electrons. The van der Waals surface area contributed by atoms with E-state index in [0.717, 1.165) is 30.6 Å². The van der Waals surface area contributed by atoms with Crippen LogP contribution in [0.4, 0.5) is 0 Å². The molecular formula is C15H19N3O2. The first-order valence-corrected chi connectivity index (χ1v) is 6.93. The SMILES string of the molecule is COCCC1(CNC(=O)c2ccc3nc[nH]c3c2)CC1. The lowest BCUT2D eigenvalue weighted by molar-refractivity contribution is 0.0938. The Morgan fingerprint density at radius 2 is 2.35 bits per heavy atom. The average molecular weight is 273 g/mol. The minimum Gasteiger partial charge on any atom is -0.385 e. The van der Waals surface area contributed by atoms with Gasteiger partial charge in [0.2, 0.25) is 0 Å². The number of hydrogen-bond donors (Lipinski definition) is 2. The number of nitrogens with one attached hydrogen (secondary N) is 2. The van der Waals surface area contributed by atoms with Crippen LogP contribution in [-0.4, -0.2) is 36.1 Å². The van der Waals surface area contributed by atoms with Gasteiger partial charge in [0.25, 0.3) is 5.91 Å². The smallest absolute Gasteiger partial charge is 0.251 e. The molecule has 0 unspecified atom stereocenters. The Labute approximate surface area is 117 Å². The summed E-state index contributed by atoms with van der Waals surface area (Å²) in [6.07, 6.45) is 5.01. The van der Waals surface area contributed by atoms with Crippen molar-refractivity contribution in [2.75, 3.05) is 20.3 Å². The van der Waals surface area contributed by atoms with E-state index < -0.39 is 0 Å². The Morgan fingerprint density at radius 1 is 1.50 bits per heavy atom. The Balaban J connectivity index is 1.61. The van der Waals surface area contributed by atoms with Gasteiger partial charge in [0.15, 0.2) is 0 Å². The fourth-order valence-corrected chi connectivity index (χ4v) is 2.46. The second-order valence-corrected chi connectivity index (χ2v) is 5.56. The maximum atomic E-state index is 12.2. The number of aromatic nitrogens is 2. The Hall–Kier alpha value is -1.88. The number of H-pyrrole nitrogens is 1. The number of methoxy groups -OCH3 is 1. The molecule has 0 spiro atoms. The second-order valence-electron chi connectivity index (χ2n) is 5.56. The number of benzene rings is 1. The van der Waals surface area contributed by atoms with Crippen LogP contribution in [0.15, 0.2) is 24.5 Å². The lowest BCUT2D eigenvalue weighted by Gasteiger charge is -2.15. The van der Waals surface area contributed by atoms with Crippen LogP contribution in [0.2, 0.25) is 0 Å². The normalized spacial score (nSPS) is 16.2. The van der Waals surface area contributed by atoms with E-state index in [4.69, 9.17) is 4.74 Å². The summed E-state index contributed by atoms with van der Waals surface area (Å²) < 4.78 is 5.12. The molecule has 1 aromatic carbocycles. The summed E-state index contributed by atoms with van der Waals surface area (Å²) in [4.78, 5) is 19.3. The number of fused-ring (bicyclic) bond motifs is 1. The molecule has 20 heavy (non-hydrogen) atoms. The van der Waals surface area contributed by atoms with E-state index in [0.29, 0.717) is 5.56 Å². The van der Waals surface area contributed by atoms with Gasteiger partial charge >= 0.3 is 0 Å². The van der Waals surface area contributed by atoms with E-state index in [1.54, 1.807) is 13.4 Å². The zero-order valence-electron chi connectivity index (χ0n) is 11.6. The lowest BCUT2D eigenvalue weighted by atomic mass is 10.0. The molecule has 2 aromatic rings. The van der Waals surface area contributed by atoms with Crippen LogP contribution >= 0.6 is 0 Å². The molecule has 1 saturated carbocycles. The van der Waals surface area contributed by atoms with Crippen LogP contribution in [0.5, 0.6) is 0 Å². The van der Waals surface area contributed by atoms with Gasteiger partial charge in [-0.2, -0.15) is 0 Å². The monoisotopic (exact) mass is 273 g/mol. The standard InChI is InChI=1S/C15H19N3O2/c1-20-7-6-15(4-5-15)9-16-14(19)11-2-3-12-13(8-11)18-10-17-12/h2-3,8,10H,4-7,9H2,1H3,(H,16,19)(H,17,18). The lowest BCUT2D eigenvalue weighted by Crippen LogP contribution is -2.30. The van der Waals surface area contributed by atoms with E-state index >= 15 is 0 Å². The van der Waals surface area contributed by atoms with Gasteiger partial charge in [-0.15, -0.1) is 0 Å². The topological polar surface area (TPSA) is 67.0 Å². The second kappa shape index (κ2) is 5.25. The minimum atomic E-state index is -0.0230. The van der Waals surface area contributed by atoms with Crippen molar-refractivity contribution >= 4 is 16.9 Å². The third-order valence-corrected chi connectivity index (χ3v) is 4.10. The van der Waals surface area contributed by atoms with Crippen molar-refractivity contribution in [1.82, 2.24) is 15.3 Å². The van der Waals surface area contributed by atoms with Gasteiger partial charge < -0.3 is 15.0 Å². The Kier molecular flexibility index (Phi) is 3.44. The van der Waals surface area contributed by atoms with Crippen molar-refractivity contribution < 1.29 is 9.53 Å². The van der Waals surface area contributed by atoms with Gasteiger partial charge in [-0.05, 0) is 42.9 Å². The molecule has 1 amide bonds. The average Bonchev–Trinajstić information content (AvgIpc) is 3.09. The Morgan fingerprint density at radius 3 is 3.10 bits per heavy atom. The molecule has 5 heteroatoms. The molecule has 1 fully saturated rings. The molecule has 1 aliphatic carbocycles. The van der Waals surface area contributed by atoms with Gasteiger partial charge in [0, 0.05) is 25.8 Å². The fraction of sp³-hybridized carbons (Fsp3) is 0.467. The number of aromatic amines is 1. The molecule has 5 nitrogen and oxygen atoms in total. The summed E-state index contributed by atoms with van der Waals surface area (Å²) in [5.41, 5.74) is 2.70. The van der Waals surface area contributed by atoms with Crippen molar-refractivity contribution in [2.45, 2.75) is 19.3 Å². The summed E-state index contributed by atoms with van der Waals surface area (Å²) in [5, 5.41) is 3.04. The van der Waals surface area contributed by atoms with Crippen molar-refractivity contribution in [2.24, 2.45) is 5.41 Å². The first-order chi connectivity index (χ1) is 9.72.